The third-order valence-electron chi connectivity index (χ3n) is 12.7. The van der Waals surface area contributed by atoms with Crippen LogP contribution in [-0.4, -0.2) is 37.0 Å². The van der Waals surface area contributed by atoms with Crippen molar-refractivity contribution in [2.45, 2.75) is 305 Å². The summed E-state index contributed by atoms with van der Waals surface area (Å²) in [6, 6.07) is 0. The Hall–Kier alpha value is -0.610. The molecule has 0 radical (unpaired) electrons. The molecule has 4 heteroatoms. The molecule has 0 aliphatic rings. The second-order valence-corrected chi connectivity index (χ2v) is 20.8. The Balaban J connectivity index is 4.78. The van der Waals surface area contributed by atoms with Crippen molar-refractivity contribution in [2.75, 3.05) is 13.7 Å². The molecule has 0 saturated carbocycles. The van der Waals surface area contributed by atoms with Crippen molar-refractivity contribution in [1.29, 1.82) is 0 Å². The van der Waals surface area contributed by atoms with Crippen molar-refractivity contribution in [2.24, 2.45) is 10.8 Å². The van der Waals surface area contributed by atoms with Gasteiger partial charge in [-0.3, -0.25) is 4.79 Å². The van der Waals surface area contributed by atoms with E-state index in [1.54, 1.807) is 7.11 Å². The molecule has 0 bridgehead atoms. The standard InChI is InChI=1S/C52H104O4/c1-12-14-16-18-20-22-24-26-28-30-32-34-36-38-40-47(41-39-37-35-33-31-29-27-25-23-21-19-17-15-13-2)56-48(53)50(5,6)46-49(3,4)42-43-52(9,10)55-45-44-51(7,8)54-11/h47H,12-46H2,1-11H3. The van der Waals surface area contributed by atoms with Crippen LogP contribution >= 0.6 is 0 Å². The van der Waals surface area contributed by atoms with Crippen molar-refractivity contribution in [1.82, 2.24) is 0 Å². The minimum Gasteiger partial charge on any atom is -0.462 e. The first-order valence-corrected chi connectivity index (χ1v) is 25.0. The van der Waals surface area contributed by atoms with Crippen LogP contribution in [0.2, 0.25) is 0 Å². The van der Waals surface area contributed by atoms with Crippen LogP contribution in [0.15, 0.2) is 0 Å². The molecule has 0 fully saturated rings. The molecule has 0 N–H and O–H groups in total. The van der Waals surface area contributed by atoms with E-state index < -0.39 is 5.41 Å². The molecule has 0 aliphatic carbocycles. The smallest absolute Gasteiger partial charge is 0.311 e. The van der Waals surface area contributed by atoms with Crippen molar-refractivity contribution in [3.63, 3.8) is 0 Å². The zero-order valence-corrected chi connectivity index (χ0v) is 40.5. The third-order valence-corrected chi connectivity index (χ3v) is 12.7. The zero-order valence-electron chi connectivity index (χ0n) is 40.5. The fourth-order valence-electron chi connectivity index (χ4n) is 8.45. The van der Waals surface area contributed by atoms with Crippen molar-refractivity contribution in [3.05, 3.63) is 0 Å². The monoisotopic (exact) mass is 793 g/mol. The van der Waals surface area contributed by atoms with Gasteiger partial charge >= 0.3 is 5.97 Å². The fraction of sp³-hybridized carbons (Fsp3) is 0.981. The predicted octanol–water partition coefficient (Wildman–Crippen LogP) is 17.5. The summed E-state index contributed by atoms with van der Waals surface area (Å²) in [4.78, 5) is 13.9. The van der Waals surface area contributed by atoms with Gasteiger partial charge in [0.2, 0.25) is 0 Å². The molecule has 0 aliphatic heterocycles. The van der Waals surface area contributed by atoms with Gasteiger partial charge in [-0.2, -0.15) is 0 Å². The molecule has 0 atom stereocenters. The van der Waals surface area contributed by atoms with Crippen molar-refractivity contribution in [3.8, 4) is 0 Å². The predicted molar refractivity (Wildman–Crippen MR) is 247 cm³/mol. The maximum Gasteiger partial charge on any atom is 0.311 e. The van der Waals surface area contributed by atoms with Gasteiger partial charge in [0.1, 0.15) is 6.10 Å². The Morgan fingerprint density at radius 1 is 0.446 bits per heavy atom. The largest absolute Gasteiger partial charge is 0.462 e. The highest BCUT2D eigenvalue weighted by atomic mass is 16.5. The Labute approximate surface area is 353 Å². The highest BCUT2D eigenvalue weighted by molar-refractivity contribution is 5.76. The maximum atomic E-state index is 13.9. The number of unbranched alkanes of at least 4 members (excludes halogenated alkanes) is 26. The lowest BCUT2D eigenvalue weighted by atomic mass is 9.71. The molecular formula is C52H104O4. The zero-order chi connectivity index (χ0) is 42.0. The molecule has 0 aromatic heterocycles. The minimum absolute atomic E-state index is 0.00334. The van der Waals surface area contributed by atoms with Crippen LogP contribution in [0.3, 0.4) is 0 Å². The number of rotatable bonds is 42. The van der Waals surface area contributed by atoms with Crippen LogP contribution in [-0.2, 0) is 19.0 Å². The Morgan fingerprint density at radius 3 is 1.12 bits per heavy atom. The maximum absolute atomic E-state index is 13.9. The average Bonchev–Trinajstić information content (AvgIpc) is 3.13. The molecule has 336 valence electrons. The van der Waals surface area contributed by atoms with E-state index in [0.29, 0.717) is 6.61 Å². The summed E-state index contributed by atoms with van der Waals surface area (Å²) in [5.41, 5.74) is -0.887. The van der Waals surface area contributed by atoms with Gasteiger partial charge in [-0.1, -0.05) is 195 Å². The van der Waals surface area contributed by atoms with E-state index in [2.05, 4.69) is 69.2 Å². The number of carbonyl (C=O) groups is 1. The van der Waals surface area contributed by atoms with E-state index in [9.17, 15) is 4.79 Å². The number of ether oxygens (including phenoxy) is 3. The molecule has 0 amide bonds. The summed E-state index contributed by atoms with van der Waals surface area (Å²) in [7, 11) is 1.77. The van der Waals surface area contributed by atoms with E-state index in [4.69, 9.17) is 14.2 Å². The first-order valence-electron chi connectivity index (χ1n) is 25.0. The van der Waals surface area contributed by atoms with Crippen molar-refractivity contribution < 1.29 is 19.0 Å². The summed E-state index contributed by atoms with van der Waals surface area (Å²) < 4.78 is 18.4. The number of esters is 1. The van der Waals surface area contributed by atoms with Gasteiger partial charge in [0, 0.05) is 7.11 Å². The minimum atomic E-state index is -0.514. The summed E-state index contributed by atoms with van der Waals surface area (Å²) in [6.45, 7) is 22.7. The molecule has 0 unspecified atom stereocenters. The summed E-state index contributed by atoms with van der Waals surface area (Å²) in [6.07, 6.45) is 44.2. The van der Waals surface area contributed by atoms with Crippen LogP contribution < -0.4 is 0 Å². The topological polar surface area (TPSA) is 44.8 Å². The van der Waals surface area contributed by atoms with Crippen LogP contribution in [0, 0.1) is 10.8 Å². The molecule has 4 nitrogen and oxygen atoms in total. The van der Waals surface area contributed by atoms with Gasteiger partial charge in [0.15, 0.2) is 0 Å². The van der Waals surface area contributed by atoms with Gasteiger partial charge in [-0.25, -0.2) is 0 Å². The molecule has 0 heterocycles. The van der Waals surface area contributed by atoms with Gasteiger partial charge in [-0.05, 0) is 98.3 Å². The molecule has 0 spiro atoms. The lowest BCUT2D eigenvalue weighted by Gasteiger charge is -2.37. The second kappa shape index (κ2) is 34.1. The molecule has 56 heavy (non-hydrogen) atoms. The number of hydrogen-bond donors (Lipinski definition) is 0. The van der Waals surface area contributed by atoms with Gasteiger partial charge < -0.3 is 14.2 Å². The number of hydrogen-bond acceptors (Lipinski definition) is 4. The summed E-state index contributed by atoms with van der Waals surface area (Å²) in [5.74, 6) is 0.00334. The van der Waals surface area contributed by atoms with Gasteiger partial charge in [0.05, 0.1) is 23.2 Å². The highest BCUT2D eigenvalue weighted by Crippen LogP contribution is 2.40. The van der Waals surface area contributed by atoms with E-state index in [-0.39, 0.29) is 28.7 Å². The Morgan fingerprint density at radius 2 is 0.786 bits per heavy atom. The van der Waals surface area contributed by atoms with Gasteiger partial charge in [0.25, 0.3) is 0 Å². The average molecular weight is 793 g/mol. The van der Waals surface area contributed by atoms with Crippen LogP contribution in [0.5, 0.6) is 0 Å². The van der Waals surface area contributed by atoms with Crippen molar-refractivity contribution >= 4 is 5.97 Å². The van der Waals surface area contributed by atoms with Crippen LogP contribution in [0.4, 0.5) is 0 Å². The van der Waals surface area contributed by atoms with E-state index >= 15 is 0 Å². The molecule has 0 aromatic rings. The molecular weight excluding hydrogens is 689 g/mol. The normalized spacial score (nSPS) is 12.9. The first-order chi connectivity index (χ1) is 26.6. The lowest BCUT2D eigenvalue weighted by Crippen LogP contribution is -2.36. The molecule has 0 aromatic carbocycles. The molecule has 0 saturated heterocycles. The number of methoxy groups -OCH3 is 1. The number of carbonyl (C=O) groups excluding carboxylic acids is 1. The third kappa shape index (κ3) is 34.3. The Bertz CT molecular complexity index is 842. The first kappa shape index (κ1) is 55.4. The highest BCUT2D eigenvalue weighted by Gasteiger charge is 2.38. The van der Waals surface area contributed by atoms with Crippen LogP contribution in [0.25, 0.3) is 0 Å². The summed E-state index contributed by atoms with van der Waals surface area (Å²) >= 11 is 0. The second-order valence-electron chi connectivity index (χ2n) is 20.8. The Kier molecular flexibility index (Phi) is 33.8. The van der Waals surface area contributed by atoms with E-state index in [1.165, 1.54) is 180 Å². The van der Waals surface area contributed by atoms with Crippen LogP contribution in [0.1, 0.15) is 288 Å². The quantitative estimate of drug-likeness (QED) is 0.0456. The fourth-order valence-corrected chi connectivity index (χ4v) is 8.45. The molecule has 0 rings (SSSR count). The van der Waals surface area contributed by atoms with E-state index in [0.717, 1.165) is 38.5 Å². The summed E-state index contributed by atoms with van der Waals surface area (Å²) in [5, 5.41) is 0. The lowest BCUT2D eigenvalue weighted by molar-refractivity contribution is -0.162. The van der Waals surface area contributed by atoms with Gasteiger partial charge in [-0.15, -0.1) is 0 Å². The van der Waals surface area contributed by atoms with E-state index in [1.807, 2.05) is 0 Å². The SMILES string of the molecule is CCCCCCCCCCCCCCCCC(CCCCCCCCCCCCCCCC)OC(=O)C(C)(C)CC(C)(C)CCC(C)(C)OCCC(C)(C)OC.